The second kappa shape index (κ2) is 51.9. The van der Waals surface area contributed by atoms with Gasteiger partial charge in [-0.05, 0) is 76.4 Å². The van der Waals surface area contributed by atoms with E-state index in [0.29, 0.717) is 12.8 Å². The molecule has 0 amide bonds. The van der Waals surface area contributed by atoms with Gasteiger partial charge in [-0.25, -0.2) is 0 Å². The van der Waals surface area contributed by atoms with Crippen LogP contribution in [0.5, 0.6) is 0 Å². The molecule has 0 spiro atoms. The van der Waals surface area contributed by atoms with E-state index in [1.165, 1.54) is 186 Å². The van der Waals surface area contributed by atoms with Crippen molar-refractivity contribution in [1.82, 2.24) is 0 Å². The first-order valence-electron chi connectivity index (χ1n) is 26.9. The highest BCUT2D eigenvalue weighted by Gasteiger charge is 2.19. The molecule has 62 heavy (non-hydrogen) atoms. The largest absolute Gasteiger partial charge is 0.462 e. The molecule has 0 bridgehead atoms. The van der Waals surface area contributed by atoms with Crippen molar-refractivity contribution in [3.63, 3.8) is 0 Å². The van der Waals surface area contributed by atoms with Gasteiger partial charge in [0.25, 0.3) is 0 Å². The van der Waals surface area contributed by atoms with Gasteiger partial charge in [0.05, 0.1) is 5.75 Å². The fraction of sp³-hybridized carbons (Fsp3) is 0.873. The van der Waals surface area contributed by atoms with Crippen molar-refractivity contribution in [2.75, 3.05) is 24.7 Å². The summed E-state index contributed by atoms with van der Waals surface area (Å²) in [6.07, 6.45) is 56.4. The molecule has 0 heterocycles. The van der Waals surface area contributed by atoms with E-state index in [0.717, 1.165) is 63.5 Å². The predicted molar refractivity (Wildman–Crippen MR) is 269 cm³/mol. The van der Waals surface area contributed by atoms with Gasteiger partial charge in [-0.3, -0.25) is 14.4 Å². The fourth-order valence-corrected chi connectivity index (χ4v) is 8.52. The number of thioether (sulfide) groups is 1. The lowest BCUT2D eigenvalue weighted by Crippen LogP contribution is -2.31. The molecule has 0 rings (SSSR count). The Balaban J connectivity index is 4.36. The van der Waals surface area contributed by atoms with Crippen molar-refractivity contribution in [1.29, 1.82) is 0 Å². The van der Waals surface area contributed by atoms with Gasteiger partial charge in [0.15, 0.2) is 6.10 Å². The Kier molecular flexibility index (Phi) is 50.4. The molecule has 0 N–H and O–H groups in total. The summed E-state index contributed by atoms with van der Waals surface area (Å²) in [6.45, 7) is 6.63. The number of unbranched alkanes of at least 4 members (excludes halogenated alkanes) is 33. The zero-order valence-electron chi connectivity index (χ0n) is 41.4. The molecule has 0 atom stereocenters. The van der Waals surface area contributed by atoms with Gasteiger partial charge in [0.2, 0.25) is 0 Å². The quantitative estimate of drug-likeness (QED) is 0.0260. The Morgan fingerprint density at radius 3 is 1.00 bits per heavy atom. The summed E-state index contributed by atoms with van der Waals surface area (Å²) in [6, 6.07) is 0. The van der Waals surface area contributed by atoms with Crippen LogP contribution in [-0.4, -0.2) is 48.7 Å². The van der Waals surface area contributed by atoms with E-state index in [1.54, 1.807) is 11.8 Å². The number of ether oxygens (including phenoxy) is 3. The van der Waals surface area contributed by atoms with Crippen LogP contribution >= 0.6 is 11.8 Å². The average Bonchev–Trinajstić information content (AvgIpc) is 3.27. The molecule has 0 fully saturated rings. The third-order valence-electron chi connectivity index (χ3n) is 11.8. The summed E-state index contributed by atoms with van der Waals surface area (Å²) in [7, 11) is 0. The van der Waals surface area contributed by atoms with Gasteiger partial charge in [-0.15, -0.1) is 0 Å². The van der Waals surface area contributed by atoms with Crippen molar-refractivity contribution in [2.45, 2.75) is 284 Å². The number of allylic oxidation sites excluding steroid dienone is 4. The van der Waals surface area contributed by atoms with Gasteiger partial charge >= 0.3 is 17.9 Å². The summed E-state index contributed by atoms with van der Waals surface area (Å²) in [5, 5.41) is 0. The highest BCUT2D eigenvalue weighted by Crippen LogP contribution is 2.16. The van der Waals surface area contributed by atoms with E-state index in [9.17, 15) is 14.4 Å². The molecule has 0 saturated heterocycles. The SMILES string of the molecule is CCCCCCCC/C=C/CCCCCCCC(=O)OCC(COC(=O)CCCCCCC/C=C/CCCCCCCC)OC(=O)CSCCCCCCCCCCCCCC. The maximum atomic E-state index is 12.8. The molecule has 0 aromatic heterocycles. The zero-order valence-corrected chi connectivity index (χ0v) is 42.2. The lowest BCUT2D eigenvalue weighted by atomic mass is 10.1. The monoisotopic (exact) mass is 891 g/mol. The van der Waals surface area contributed by atoms with Crippen molar-refractivity contribution < 1.29 is 28.6 Å². The number of carbonyl (C=O) groups is 3. The van der Waals surface area contributed by atoms with Crippen LogP contribution < -0.4 is 0 Å². The molecule has 0 saturated carbocycles. The Hall–Kier alpha value is -1.76. The summed E-state index contributed by atoms with van der Waals surface area (Å²) in [4.78, 5) is 38.0. The van der Waals surface area contributed by atoms with Crippen molar-refractivity contribution in [2.24, 2.45) is 0 Å². The van der Waals surface area contributed by atoms with Crippen LogP contribution in [0.25, 0.3) is 0 Å². The summed E-state index contributed by atoms with van der Waals surface area (Å²) >= 11 is 1.59. The highest BCUT2D eigenvalue weighted by molar-refractivity contribution is 7.99. The summed E-state index contributed by atoms with van der Waals surface area (Å²) in [5.41, 5.74) is 0. The first-order chi connectivity index (χ1) is 30.5. The van der Waals surface area contributed by atoms with Crippen molar-refractivity contribution in [3.8, 4) is 0 Å². The number of hydrogen-bond acceptors (Lipinski definition) is 7. The molecular formula is C55H102O6S. The van der Waals surface area contributed by atoms with E-state index in [1.807, 2.05) is 0 Å². The first kappa shape index (κ1) is 60.2. The van der Waals surface area contributed by atoms with Gasteiger partial charge < -0.3 is 14.2 Å². The molecule has 0 aromatic rings. The minimum Gasteiger partial charge on any atom is -0.462 e. The van der Waals surface area contributed by atoms with Crippen LogP contribution in [0.15, 0.2) is 24.3 Å². The molecule has 7 heteroatoms. The molecule has 0 radical (unpaired) electrons. The smallest absolute Gasteiger partial charge is 0.316 e. The third-order valence-corrected chi connectivity index (χ3v) is 12.8. The van der Waals surface area contributed by atoms with Crippen LogP contribution in [0, 0.1) is 0 Å². The van der Waals surface area contributed by atoms with Crippen molar-refractivity contribution in [3.05, 3.63) is 24.3 Å². The maximum Gasteiger partial charge on any atom is 0.316 e. The van der Waals surface area contributed by atoms with Gasteiger partial charge in [0, 0.05) is 12.8 Å². The van der Waals surface area contributed by atoms with Crippen LogP contribution in [0.4, 0.5) is 0 Å². The Morgan fingerprint density at radius 2 is 0.661 bits per heavy atom. The number of carbonyl (C=O) groups excluding carboxylic acids is 3. The molecule has 0 aliphatic rings. The van der Waals surface area contributed by atoms with Gasteiger partial charge in [-0.1, -0.05) is 218 Å². The first-order valence-corrected chi connectivity index (χ1v) is 28.1. The van der Waals surface area contributed by atoms with Crippen LogP contribution in [0.2, 0.25) is 0 Å². The lowest BCUT2D eigenvalue weighted by Gasteiger charge is -2.18. The molecule has 364 valence electrons. The van der Waals surface area contributed by atoms with E-state index in [-0.39, 0.29) is 36.9 Å². The molecule has 0 aliphatic carbocycles. The highest BCUT2D eigenvalue weighted by atomic mass is 32.2. The van der Waals surface area contributed by atoms with Gasteiger partial charge in [0.1, 0.15) is 13.2 Å². The predicted octanol–water partition coefficient (Wildman–Crippen LogP) is 17.5. The minimum atomic E-state index is -0.786. The number of rotatable bonds is 50. The van der Waals surface area contributed by atoms with Crippen LogP contribution in [-0.2, 0) is 28.6 Å². The molecule has 0 unspecified atom stereocenters. The summed E-state index contributed by atoms with van der Waals surface area (Å²) in [5.74, 6) is 0.252. The van der Waals surface area contributed by atoms with Gasteiger partial charge in [-0.2, -0.15) is 11.8 Å². The van der Waals surface area contributed by atoms with Crippen LogP contribution in [0.3, 0.4) is 0 Å². The second-order valence-electron chi connectivity index (χ2n) is 18.1. The summed E-state index contributed by atoms with van der Waals surface area (Å²) < 4.78 is 16.8. The average molecular weight is 891 g/mol. The van der Waals surface area contributed by atoms with E-state index in [4.69, 9.17) is 14.2 Å². The lowest BCUT2D eigenvalue weighted by molar-refractivity contribution is -0.165. The van der Waals surface area contributed by atoms with Crippen molar-refractivity contribution >= 4 is 29.7 Å². The maximum absolute atomic E-state index is 12.8. The normalized spacial score (nSPS) is 11.7. The van der Waals surface area contributed by atoms with E-state index in [2.05, 4.69) is 45.1 Å². The molecule has 0 aromatic carbocycles. The van der Waals surface area contributed by atoms with Crippen LogP contribution in [0.1, 0.15) is 278 Å². The second-order valence-corrected chi connectivity index (χ2v) is 19.2. The molecule has 0 aliphatic heterocycles. The standard InChI is InChI=1S/C55H102O6S/c1-4-7-10-13-16-19-22-25-27-29-31-34-37-40-43-46-53(56)59-49-52(61-55(58)51-62-48-45-42-39-36-33-24-21-18-15-12-9-6-3)50-60-54(57)47-44-41-38-35-32-30-28-26-23-20-17-14-11-8-5-2/h25-28,52H,4-24,29-51H2,1-3H3/b27-25+,28-26+. The minimum absolute atomic E-state index is 0.0836. The molecular weight excluding hydrogens is 789 g/mol. The molecule has 6 nitrogen and oxygen atoms in total. The Morgan fingerprint density at radius 1 is 0.371 bits per heavy atom. The number of hydrogen-bond donors (Lipinski definition) is 0. The topological polar surface area (TPSA) is 78.9 Å². The third kappa shape index (κ3) is 49.3. The number of esters is 3. The Bertz CT molecular complexity index is 956. The zero-order chi connectivity index (χ0) is 45.1. The van der Waals surface area contributed by atoms with E-state index < -0.39 is 6.10 Å². The Labute approximate surface area is 389 Å². The van der Waals surface area contributed by atoms with E-state index >= 15 is 0 Å². The fourth-order valence-electron chi connectivity index (χ4n) is 7.73.